The minimum Gasteiger partial charge on any atom is -0.330 e. The zero-order chi connectivity index (χ0) is 10.9. The third-order valence-electron chi connectivity index (χ3n) is 3.45. The summed E-state index contributed by atoms with van der Waals surface area (Å²) >= 11 is 0. The highest BCUT2D eigenvalue weighted by Crippen LogP contribution is 2.41. The molecule has 3 heteroatoms. The first kappa shape index (κ1) is 10.6. The Balaban J connectivity index is 2.42. The molecule has 0 radical (unpaired) electrons. The second kappa shape index (κ2) is 3.89. The van der Waals surface area contributed by atoms with Crippen molar-refractivity contribution in [3.8, 4) is 0 Å². The molecule has 0 amide bonds. The normalized spacial score (nSPS) is 19.4. The molecule has 82 valence electrons. The number of hydrogen-bond donors (Lipinski definition) is 1. The molecular formula is C12H15F2N. The standard InChI is InChI=1S/C12H15F2N/c13-9-3-4-10(11(14)7-9)12(8-15)5-1-2-6-12/h3-4,7H,1-2,5-6,8,15H2. The molecule has 0 aromatic heterocycles. The molecule has 1 fully saturated rings. The minimum atomic E-state index is -0.526. The van der Waals surface area contributed by atoms with Gasteiger partial charge in [-0.1, -0.05) is 18.9 Å². The summed E-state index contributed by atoms with van der Waals surface area (Å²) in [6.45, 7) is 0.440. The van der Waals surface area contributed by atoms with E-state index in [1.165, 1.54) is 6.07 Å². The molecule has 1 aromatic carbocycles. The van der Waals surface area contributed by atoms with Crippen molar-refractivity contribution in [2.24, 2.45) is 5.73 Å². The van der Waals surface area contributed by atoms with E-state index >= 15 is 0 Å². The molecule has 1 nitrogen and oxygen atoms in total. The summed E-state index contributed by atoms with van der Waals surface area (Å²) in [5.41, 5.74) is 6.08. The van der Waals surface area contributed by atoms with Gasteiger partial charge in [0.1, 0.15) is 11.6 Å². The second-order valence-electron chi connectivity index (χ2n) is 4.32. The Morgan fingerprint density at radius 2 is 1.87 bits per heavy atom. The first-order valence-electron chi connectivity index (χ1n) is 5.33. The van der Waals surface area contributed by atoms with Gasteiger partial charge in [0, 0.05) is 18.0 Å². The van der Waals surface area contributed by atoms with Crippen LogP contribution in [0.25, 0.3) is 0 Å². The van der Waals surface area contributed by atoms with E-state index < -0.39 is 11.6 Å². The SMILES string of the molecule is NCC1(c2ccc(F)cc2F)CCCC1. The van der Waals surface area contributed by atoms with Gasteiger partial charge in [-0.25, -0.2) is 8.78 Å². The van der Waals surface area contributed by atoms with E-state index in [2.05, 4.69) is 0 Å². The zero-order valence-electron chi connectivity index (χ0n) is 8.60. The van der Waals surface area contributed by atoms with Crippen LogP contribution >= 0.6 is 0 Å². The number of hydrogen-bond acceptors (Lipinski definition) is 1. The molecule has 2 N–H and O–H groups in total. The number of benzene rings is 1. The summed E-state index contributed by atoms with van der Waals surface area (Å²) in [5, 5.41) is 0. The van der Waals surface area contributed by atoms with Crippen LogP contribution in [0.2, 0.25) is 0 Å². The third kappa shape index (κ3) is 1.76. The van der Waals surface area contributed by atoms with Crippen LogP contribution in [0.5, 0.6) is 0 Å². The topological polar surface area (TPSA) is 26.0 Å². The van der Waals surface area contributed by atoms with Crippen molar-refractivity contribution in [1.29, 1.82) is 0 Å². The molecule has 1 aliphatic carbocycles. The summed E-state index contributed by atoms with van der Waals surface area (Å²) in [6, 6.07) is 3.81. The molecule has 0 saturated heterocycles. The van der Waals surface area contributed by atoms with E-state index in [0.29, 0.717) is 12.1 Å². The Bertz CT molecular complexity index is 357. The first-order valence-corrected chi connectivity index (χ1v) is 5.33. The molecule has 1 saturated carbocycles. The quantitative estimate of drug-likeness (QED) is 0.799. The van der Waals surface area contributed by atoms with Gasteiger partial charge in [-0.3, -0.25) is 0 Å². The summed E-state index contributed by atoms with van der Waals surface area (Å²) in [5.74, 6) is -0.983. The average molecular weight is 211 g/mol. The van der Waals surface area contributed by atoms with Crippen molar-refractivity contribution in [2.75, 3.05) is 6.54 Å². The van der Waals surface area contributed by atoms with E-state index in [1.807, 2.05) is 0 Å². The lowest BCUT2D eigenvalue weighted by Crippen LogP contribution is -2.33. The minimum absolute atomic E-state index is 0.252. The zero-order valence-corrected chi connectivity index (χ0v) is 8.60. The molecular weight excluding hydrogens is 196 g/mol. The number of rotatable bonds is 2. The lowest BCUT2D eigenvalue weighted by molar-refractivity contribution is 0.424. The van der Waals surface area contributed by atoms with E-state index in [4.69, 9.17) is 5.73 Å². The third-order valence-corrected chi connectivity index (χ3v) is 3.45. The maximum Gasteiger partial charge on any atom is 0.129 e. The monoisotopic (exact) mass is 211 g/mol. The van der Waals surface area contributed by atoms with Crippen LogP contribution in [-0.2, 0) is 5.41 Å². The van der Waals surface area contributed by atoms with Crippen molar-refractivity contribution in [3.05, 3.63) is 35.4 Å². The van der Waals surface area contributed by atoms with Crippen LogP contribution in [0.1, 0.15) is 31.2 Å². The van der Waals surface area contributed by atoms with Gasteiger partial charge in [-0.05, 0) is 24.5 Å². The van der Waals surface area contributed by atoms with Gasteiger partial charge < -0.3 is 5.73 Å². The Kier molecular flexibility index (Phi) is 2.74. The Hall–Kier alpha value is -0.960. The molecule has 1 aromatic rings. The molecule has 0 spiro atoms. The molecule has 1 aliphatic rings. The van der Waals surface area contributed by atoms with E-state index in [1.54, 1.807) is 6.07 Å². The van der Waals surface area contributed by atoms with Gasteiger partial charge in [-0.2, -0.15) is 0 Å². The summed E-state index contributed by atoms with van der Waals surface area (Å²) < 4.78 is 26.4. The summed E-state index contributed by atoms with van der Waals surface area (Å²) in [7, 11) is 0. The maximum atomic E-state index is 13.6. The fourth-order valence-corrected chi connectivity index (χ4v) is 2.55. The van der Waals surface area contributed by atoms with Crippen molar-refractivity contribution < 1.29 is 8.78 Å². The van der Waals surface area contributed by atoms with Crippen LogP contribution in [-0.4, -0.2) is 6.54 Å². The molecule has 15 heavy (non-hydrogen) atoms. The van der Waals surface area contributed by atoms with Gasteiger partial charge in [0.05, 0.1) is 0 Å². The highest BCUT2D eigenvalue weighted by atomic mass is 19.1. The summed E-state index contributed by atoms with van der Waals surface area (Å²) in [4.78, 5) is 0. The van der Waals surface area contributed by atoms with Gasteiger partial charge in [-0.15, -0.1) is 0 Å². The fraction of sp³-hybridized carbons (Fsp3) is 0.500. The van der Waals surface area contributed by atoms with Crippen LogP contribution in [0.4, 0.5) is 8.78 Å². The van der Waals surface area contributed by atoms with Crippen LogP contribution in [0, 0.1) is 11.6 Å². The van der Waals surface area contributed by atoms with Gasteiger partial charge in [0.15, 0.2) is 0 Å². The molecule has 0 bridgehead atoms. The van der Waals surface area contributed by atoms with E-state index in [9.17, 15) is 8.78 Å². The fourth-order valence-electron chi connectivity index (χ4n) is 2.55. The van der Waals surface area contributed by atoms with Gasteiger partial charge >= 0.3 is 0 Å². The largest absolute Gasteiger partial charge is 0.330 e. The summed E-state index contributed by atoms with van der Waals surface area (Å²) in [6.07, 6.45) is 3.97. The Morgan fingerprint density at radius 3 is 2.40 bits per heavy atom. The molecule has 0 aliphatic heterocycles. The predicted octanol–water partition coefficient (Wildman–Crippen LogP) is 2.74. The highest BCUT2D eigenvalue weighted by molar-refractivity contribution is 5.29. The predicted molar refractivity (Wildman–Crippen MR) is 55.6 cm³/mol. The number of halogens is 2. The highest BCUT2D eigenvalue weighted by Gasteiger charge is 2.36. The van der Waals surface area contributed by atoms with Crippen LogP contribution in [0.3, 0.4) is 0 Å². The maximum absolute atomic E-state index is 13.6. The van der Waals surface area contributed by atoms with Crippen molar-refractivity contribution >= 4 is 0 Å². The first-order chi connectivity index (χ1) is 7.18. The molecule has 0 heterocycles. The van der Waals surface area contributed by atoms with Gasteiger partial charge in [0.25, 0.3) is 0 Å². The van der Waals surface area contributed by atoms with Crippen molar-refractivity contribution in [3.63, 3.8) is 0 Å². The Morgan fingerprint density at radius 1 is 1.20 bits per heavy atom. The molecule has 2 rings (SSSR count). The molecule has 0 atom stereocenters. The van der Waals surface area contributed by atoms with Crippen molar-refractivity contribution in [2.45, 2.75) is 31.1 Å². The Labute approximate surface area is 88.3 Å². The van der Waals surface area contributed by atoms with Crippen LogP contribution in [0.15, 0.2) is 18.2 Å². The van der Waals surface area contributed by atoms with E-state index in [-0.39, 0.29) is 5.41 Å². The lowest BCUT2D eigenvalue weighted by Gasteiger charge is -2.28. The number of nitrogens with two attached hydrogens (primary N) is 1. The van der Waals surface area contributed by atoms with Crippen LogP contribution < -0.4 is 5.73 Å². The van der Waals surface area contributed by atoms with E-state index in [0.717, 1.165) is 31.7 Å². The smallest absolute Gasteiger partial charge is 0.129 e. The van der Waals surface area contributed by atoms with Gasteiger partial charge in [0.2, 0.25) is 0 Å². The van der Waals surface area contributed by atoms with Crippen molar-refractivity contribution in [1.82, 2.24) is 0 Å². The second-order valence-corrected chi connectivity index (χ2v) is 4.32. The average Bonchev–Trinajstić information content (AvgIpc) is 2.67. The molecule has 0 unspecified atom stereocenters. The lowest BCUT2D eigenvalue weighted by atomic mass is 9.79.